The molecule has 0 aromatic heterocycles. The van der Waals surface area contributed by atoms with Crippen molar-refractivity contribution in [3.05, 3.63) is 95.1 Å². The molecule has 0 aliphatic rings. The highest BCUT2D eigenvalue weighted by molar-refractivity contribution is 6.28. The zero-order valence-electron chi connectivity index (χ0n) is 20.8. The molecule has 2 N–H and O–H groups in total. The number of ether oxygens (including phenoxy) is 1. The molecule has 0 fully saturated rings. The van der Waals surface area contributed by atoms with E-state index in [0.717, 1.165) is 35.3 Å². The molecule has 0 heterocycles. The van der Waals surface area contributed by atoms with Crippen LogP contribution < -0.4 is 15.4 Å². The molecule has 35 heavy (non-hydrogen) atoms. The number of unbranched alkanes of at least 4 members (excludes halogenated alkanes) is 3. The molecule has 0 unspecified atom stereocenters. The third-order valence-corrected chi connectivity index (χ3v) is 5.57. The van der Waals surface area contributed by atoms with Gasteiger partial charge in [-0.25, -0.2) is 0 Å². The maximum absolute atomic E-state index is 13.1. The van der Waals surface area contributed by atoms with E-state index in [1.54, 1.807) is 6.08 Å². The highest BCUT2D eigenvalue weighted by Crippen LogP contribution is 2.18. The lowest BCUT2D eigenvalue weighted by molar-refractivity contribution is -0.118. The Bertz CT molecular complexity index is 1070. The second kappa shape index (κ2) is 13.1. The Morgan fingerprint density at radius 3 is 1.71 bits per heavy atom. The lowest BCUT2D eigenvalue weighted by Crippen LogP contribution is -2.25. The van der Waals surface area contributed by atoms with Crippen LogP contribution in [-0.2, 0) is 9.59 Å². The monoisotopic (exact) mass is 470 g/mol. The van der Waals surface area contributed by atoms with E-state index in [4.69, 9.17) is 4.74 Å². The first kappa shape index (κ1) is 25.8. The standard InChI is InChI=1S/C30H34N2O3/c1-4-5-6-7-20-35-27-18-12-24(13-19-27)21-28(29(33)31-25-14-8-22(2)9-15-25)30(34)32-26-16-10-23(3)11-17-26/h8-19,21H,4-7,20H2,1-3H3,(H,31,33)(H,32,34). The predicted octanol–water partition coefficient (Wildman–Crippen LogP) is 6.92. The van der Waals surface area contributed by atoms with Crippen LogP contribution in [0.15, 0.2) is 78.4 Å². The van der Waals surface area contributed by atoms with Crippen LogP contribution in [0.25, 0.3) is 6.08 Å². The SMILES string of the molecule is CCCCCCOc1ccc(C=C(C(=O)Nc2ccc(C)cc2)C(=O)Nc2ccc(C)cc2)cc1. The summed E-state index contributed by atoms with van der Waals surface area (Å²) in [6.07, 6.45) is 6.19. The average Bonchev–Trinajstić information content (AvgIpc) is 2.86. The van der Waals surface area contributed by atoms with Gasteiger partial charge >= 0.3 is 0 Å². The minimum Gasteiger partial charge on any atom is -0.494 e. The van der Waals surface area contributed by atoms with Crippen molar-refractivity contribution in [3.63, 3.8) is 0 Å². The van der Waals surface area contributed by atoms with E-state index in [9.17, 15) is 9.59 Å². The minimum absolute atomic E-state index is 0.0133. The Kier molecular flexibility index (Phi) is 9.67. The molecule has 0 aliphatic carbocycles. The number of rotatable bonds is 11. The highest BCUT2D eigenvalue weighted by atomic mass is 16.5. The third kappa shape index (κ3) is 8.45. The van der Waals surface area contributed by atoms with Crippen molar-refractivity contribution >= 4 is 29.3 Å². The van der Waals surface area contributed by atoms with E-state index < -0.39 is 11.8 Å². The summed E-state index contributed by atoms with van der Waals surface area (Å²) in [5.41, 5.74) is 4.17. The van der Waals surface area contributed by atoms with Crippen LogP contribution in [0, 0.1) is 13.8 Å². The zero-order chi connectivity index (χ0) is 25.0. The van der Waals surface area contributed by atoms with Gasteiger partial charge in [0, 0.05) is 11.4 Å². The molecule has 0 spiro atoms. The molecule has 0 aliphatic heterocycles. The van der Waals surface area contributed by atoms with Gasteiger partial charge in [0.25, 0.3) is 11.8 Å². The molecule has 0 atom stereocenters. The van der Waals surface area contributed by atoms with Gasteiger partial charge < -0.3 is 15.4 Å². The Hall–Kier alpha value is -3.86. The number of hydrogen-bond acceptors (Lipinski definition) is 3. The number of anilines is 2. The fraction of sp³-hybridized carbons (Fsp3) is 0.267. The molecule has 0 saturated heterocycles. The maximum atomic E-state index is 13.1. The second-order valence-corrected chi connectivity index (χ2v) is 8.68. The van der Waals surface area contributed by atoms with Crippen LogP contribution in [0.1, 0.15) is 49.3 Å². The van der Waals surface area contributed by atoms with Crippen molar-refractivity contribution in [2.24, 2.45) is 0 Å². The molecular formula is C30H34N2O3. The summed E-state index contributed by atoms with van der Waals surface area (Å²) in [5.74, 6) is -0.183. The van der Waals surface area contributed by atoms with Gasteiger partial charge in [-0.3, -0.25) is 9.59 Å². The number of nitrogens with one attached hydrogen (secondary N) is 2. The molecule has 5 nitrogen and oxygen atoms in total. The summed E-state index contributed by atoms with van der Waals surface area (Å²) in [6.45, 7) is 6.82. The number of aryl methyl sites for hydroxylation is 2. The summed E-state index contributed by atoms with van der Waals surface area (Å²) < 4.78 is 5.81. The molecule has 5 heteroatoms. The Labute approximate surface area is 208 Å². The molecule has 0 radical (unpaired) electrons. The van der Waals surface area contributed by atoms with E-state index in [-0.39, 0.29) is 5.57 Å². The van der Waals surface area contributed by atoms with Crippen LogP contribution in [-0.4, -0.2) is 18.4 Å². The first-order valence-electron chi connectivity index (χ1n) is 12.1. The third-order valence-electron chi connectivity index (χ3n) is 5.57. The van der Waals surface area contributed by atoms with E-state index in [0.29, 0.717) is 18.0 Å². The molecule has 0 saturated carbocycles. The summed E-state index contributed by atoms with van der Waals surface area (Å²) >= 11 is 0. The van der Waals surface area contributed by atoms with Gasteiger partial charge in [0.1, 0.15) is 11.3 Å². The van der Waals surface area contributed by atoms with E-state index >= 15 is 0 Å². The smallest absolute Gasteiger partial charge is 0.261 e. The quantitative estimate of drug-likeness (QED) is 0.138. The first-order valence-corrected chi connectivity index (χ1v) is 12.1. The molecule has 2 amide bonds. The van der Waals surface area contributed by atoms with Crippen molar-refractivity contribution in [2.75, 3.05) is 17.2 Å². The first-order chi connectivity index (χ1) is 16.9. The fourth-order valence-corrected chi connectivity index (χ4v) is 3.45. The van der Waals surface area contributed by atoms with Crippen LogP contribution in [0.3, 0.4) is 0 Å². The zero-order valence-corrected chi connectivity index (χ0v) is 20.8. The van der Waals surface area contributed by atoms with Crippen molar-refractivity contribution in [1.29, 1.82) is 0 Å². The van der Waals surface area contributed by atoms with E-state index in [1.807, 2.05) is 86.6 Å². The van der Waals surface area contributed by atoms with Gasteiger partial charge in [-0.05, 0) is 68.3 Å². The molecule has 3 rings (SSSR count). The number of amides is 2. The van der Waals surface area contributed by atoms with E-state index in [2.05, 4.69) is 17.6 Å². The van der Waals surface area contributed by atoms with Crippen LogP contribution in [0.4, 0.5) is 11.4 Å². The lowest BCUT2D eigenvalue weighted by Gasteiger charge is -2.11. The highest BCUT2D eigenvalue weighted by Gasteiger charge is 2.19. The van der Waals surface area contributed by atoms with Gasteiger partial charge in [0.15, 0.2) is 0 Å². The van der Waals surface area contributed by atoms with Gasteiger partial charge in [-0.15, -0.1) is 0 Å². The molecule has 3 aromatic carbocycles. The molecule has 3 aromatic rings. The number of carbonyl (C=O) groups excluding carboxylic acids is 2. The molecule has 0 bridgehead atoms. The average molecular weight is 471 g/mol. The van der Waals surface area contributed by atoms with Crippen LogP contribution >= 0.6 is 0 Å². The topological polar surface area (TPSA) is 67.4 Å². The van der Waals surface area contributed by atoms with Gasteiger partial charge in [0.05, 0.1) is 6.61 Å². The van der Waals surface area contributed by atoms with Crippen molar-refractivity contribution in [2.45, 2.75) is 46.5 Å². The fourth-order valence-electron chi connectivity index (χ4n) is 3.45. The van der Waals surface area contributed by atoms with Crippen LogP contribution in [0.2, 0.25) is 0 Å². The van der Waals surface area contributed by atoms with Crippen molar-refractivity contribution < 1.29 is 14.3 Å². The Morgan fingerprint density at radius 2 is 1.23 bits per heavy atom. The summed E-state index contributed by atoms with van der Waals surface area (Å²) in [6, 6.07) is 22.3. The number of carbonyl (C=O) groups is 2. The summed E-state index contributed by atoms with van der Waals surface area (Å²) in [4.78, 5) is 26.2. The normalized spacial score (nSPS) is 10.4. The predicted molar refractivity (Wildman–Crippen MR) is 144 cm³/mol. The van der Waals surface area contributed by atoms with Crippen LogP contribution in [0.5, 0.6) is 5.75 Å². The number of hydrogen-bond donors (Lipinski definition) is 2. The number of benzene rings is 3. The lowest BCUT2D eigenvalue weighted by atomic mass is 10.1. The van der Waals surface area contributed by atoms with Gasteiger partial charge in [-0.2, -0.15) is 0 Å². The second-order valence-electron chi connectivity index (χ2n) is 8.68. The minimum atomic E-state index is -0.477. The molecular weight excluding hydrogens is 436 g/mol. The largest absolute Gasteiger partial charge is 0.494 e. The summed E-state index contributed by atoms with van der Waals surface area (Å²) in [7, 11) is 0. The van der Waals surface area contributed by atoms with Gasteiger partial charge in [-0.1, -0.05) is 73.7 Å². The Balaban J connectivity index is 1.76. The van der Waals surface area contributed by atoms with Gasteiger partial charge in [0.2, 0.25) is 0 Å². The van der Waals surface area contributed by atoms with Crippen molar-refractivity contribution in [1.82, 2.24) is 0 Å². The van der Waals surface area contributed by atoms with E-state index in [1.165, 1.54) is 12.8 Å². The van der Waals surface area contributed by atoms with Crippen molar-refractivity contribution in [3.8, 4) is 5.75 Å². The maximum Gasteiger partial charge on any atom is 0.261 e. The summed E-state index contributed by atoms with van der Waals surface area (Å²) in [5, 5.41) is 5.66. The molecule has 182 valence electrons. The Morgan fingerprint density at radius 1 is 0.714 bits per heavy atom.